The average molecular weight is 501 g/mol. The van der Waals surface area contributed by atoms with Crippen molar-refractivity contribution in [1.82, 2.24) is 15.0 Å². The lowest BCUT2D eigenvalue weighted by Crippen LogP contribution is -2.06. The van der Waals surface area contributed by atoms with Gasteiger partial charge in [-0.1, -0.05) is 24.3 Å². The highest BCUT2D eigenvalue weighted by molar-refractivity contribution is 7.97. The molecule has 0 atom stereocenters. The molecular weight excluding hydrogens is 480 g/mol. The number of nitrogens with zero attached hydrogens (tertiary/aromatic N) is 3. The van der Waals surface area contributed by atoms with Gasteiger partial charge in [0.15, 0.2) is 5.82 Å². The Hall–Kier alpha value is -3.66. The van der Waals surface area contributed by atoms with Crippen LogP contribution in [0, 0.1) is 5.82 Å². The van der Waals surface area contributed by atoms with Crippen LogP contribution in [0.4, 0.5) is 29.2 Å². The van der Waals surface area contributed by atoms with Crippen molar-refractivity contribution < 1.29 is 22.3 Å². The van der Waals surface area contributed by atoms with Crippen LogP contribution in [0.15, 0.2) is 73.1 Å². The predicted molar refractivity (Wildman–Crippen MR) is 128 cm³/mol. The van der Waals surface area contributed by atoms with Crippen molar-refractivity contribution in [2.75, 3.05) is 11.6 Å². The fraction of sp³-hybridized carbons (Fsp3) is 0.160. The van der Waals surface area contributed by atoms with E-state index in [9.17, 15) is 17.6 Å². The molecule has 10 heteroatoms. The van der Waals surface area contributed by atoms with Crippen molar-refractivity contribution in [3.8, 4) is 17.1 Å². The van der Waals surface area contributed by atoms with Gasteiger partial charge >= 0.3 is 6.18 Å². The van der Waals surface area contributed by atoms with Gasteiger partial charge in [-0.15, -0.1) is 0 Å². The van der Waals surface area contributed by atoms with Crippen LogP contribution in [-0.4, -0.2) is 21.2 Å². The molecule has 0 spiro atoms. The molecule has 4 aromatic rings. The van der Waals surface area contributed by atoms with E-state index in [1.54, 1.807) is 11.8 Å². The molecule has 180 valence electrons. The van der Waals surface area contributed by atoms with Gasteiger partial charge in [0, 0.05) is 17.5 Å². The number of halogens is 4. The Bertz CT molecular complexity index is 1320. The molecule has 1 heterocycles. The molecule has 1 aromatic heterocycles. The van der Waals surface area contributed by atoms with Crippen LogP contribution in [0.25, 0.3) is 11.4 Å². The second kappa shape index (κ2) is 10.7. The number of thioether (sulfide) groups is 1. The van der Waals surface area contributed by atoms with Crippen molar-refractivity contribution in [3.63, 3.8) is 0 Å². The van der Waals surface area contributed by atoms with Crippen molar-refractivity contribution >= 4 is 23.4 Å². The Morgan fingerprint density at radius 3 is 2.54 bits per heavy atom. The highest BCUT2D eigenvalue weighted by Gasteiger charge is 2.30. The zero-order valence-electron chi connectivity index (χ0n) is 18.5. The lowest BCUT2D eigenvalue weighted by atomic mass is 10.1. The molecule has 0 saturated carbocycles. The Morgan fingerprint density at radius 2 is 1.74 bits per heavy atom. The number of ether oxygens (including phenoxy) is 1. The highest BCUT2D eigenvalue weighted by atomic mass is 32.2. The SMILES string of the molecule is CSCc1cccc(Nc2ncnc(-c3ccc(F)cc3OCc3cccc(C(F)(F)F)c3)n2)c1. The average Bonchev–Trinajstić information content (AvgIpc) is 2.83. The van der Waals surface area contributed by atoms with Crippen LogP contribution < -0.4 is 10.1 Å². The molecule has 3 aromatic carbocycles. The number of benzene rings is 3. The van der Waals surface area contributed by atoms with Gasteiger partial charge in [-0.2, -0.15) is 29.9 Å². The molecule has 35 heavy (non-hydrogen) atoms. The minimum atomic E-state index is -4.47. The summed E-state index contributed by atoms with van der Waals surface area (Å²) in [5.74, 6) is 0.902. The lowest BCUT2D eigenvalue weighted by Gasteiger charge is -2.13. The van der Waals surface area contributed by atoms with Gasteiger partial charge in [-0.3, -0.25) is 0 Å². The zero-order valence-corrected chi connectivity index (χ0v) is 19.3. The predicted octanol–water partition coefficient (Wildman–Crippen LogP) is 6.88. The zero-order chi connectivity index (χ0) is 24.8. The third-order valence-electron chi connectivity index (χ3n) is 4.90. The first kappa shape index (κ1) is 24.5. The van der Waals surface area contributed by atoms with Gasteiger partial charge < -0.3 is 10.1 Å². The number of rotatable bonds is 8. The molecule has 0 unspecified atom stereocenters. The maximum Gasteiger partial charge on any atom is 0.416 e. The van der Waals surface area contributed by atoms with Crippen LogP contribution in [-0.2, 0) is 18.5 Å². The summed E-state index contributed by atoms with van der Waals surface area (Å²) in [4.78, 5) is 12.7. The second-order valence-corrected chi connectivity index (χ2v) is 8.38. The van der Waals surface area contributed by atoms with Crippen LogP contribution >= 0.6 is 11.8 Å². The molecule has 0 aliphatic rings. The summed E-state index contributed by atoms with van der Waals surface area (Å²) in [5, 5.41) is 3.13. The van der Waals surface area contributed by atoms with E-state index in [0.717, 1.165) is 35.2 Å². The summed E-state index contributed by atoms with van der Waals surface area (Å²) in [5.41, 5.74) is 1.82. The first-order valence-corrected chi connectivity index (χ1v) is 11.8. The maximum atomic E-state index is 14.0. The largest absolute Gasteiger partial charge is 0.488 e. The standard InChI is InChI=1S/C25H20F4N4OS/c1-35-14-17-5-3-7-20(11-17)32-24-31-15-30-23(33-24)21-9-8-19(26)12-22(21)34-13-16-4-2-6-18(10-16)25(27,28)29/h2-12,15H,13-14H2,1H3,(H,30,31,32,33). The molecule has 0 radical (unpaired) electrons. The van der Waals surface area contributed by atoms with Crippen LogP contribution in [0.3, 0.4) is 0 Å². The van der Waals surface area contributed by atoms with E-state index in [1.165, 1.54) is 30.6 Å². The number of hydrogen-bond acceptors (Lipinski definition) is 6. The summed E-state index contributed by atoms with van der Waals surface area (Å²) in [6.45, 7) is -0.196. The van der Waals surface area contributed by atoms with Gasteiger partial charge in [-0.05, 0) is 53.8 Å². The molecular formula is C25H20F4N4OS. The molecule has 0 bridgehead atoms. The van der Waals surface area contributed by atoms with E-state index in [1.807, 2.05) is 30.5 Å². The molecule has 5 nitrogen and oxygen atoms in total. The van der Waals surface area contributed by atoms with E-state index in [0.29, 0.717) is 5.56 Å². The summed E-state index contributed by atoms with van der Waals surface area (Å²) in [6, 6.07) is 16.4. The normalized spacial score (nSPS) is 11.3. The van der Waals surface area contributed by atoms with Gasteiger partial charge in [0.2, 0.25) is 5.95 Å². The summed E-state index contributed by atoms with van der Waals surface area (Å²) in [7, 11) is 0. The molecule has 0 saturated heterocycles. The van der Waals surface area contributed by atoms with Gasteiger partial charge in [0.1, 0.15) is 24.5 Å². The quantitative estimate of drug-likeness (QED) is 0.266. The van der Waals surface area contributed by atoms with Gasteiger partial charge in [-0.25, -0.2) is 14.4 Å². The van der Waals surface area contributed by atoms with Crippen molar-refractivity contribution in [2.45, 2.75) is 18.5 Å². The minimum Gasteiger partial charge on any atom is -0.488 e. The van der Waals surface area contributed by atoms with Crippen LogP contribution in [0.2, 0.25) is 0 Å². The molecule has 0 amide bonds. The maximum absolute atomic E-state index is 14.0. The first-order chi connectivity index (χ1) is 16.8. The number of alkyl halides is 3. The first-order valence-electron chi connectivity index (χ1n) is 10.4. The Morgan fingerprint density at radius 1 is 0.943 bits per heavy atom. The van der Waals surface area contributed by atoms with Crippen LogP contribution in [0.1, 0.15) is 16.7 Å². The number of aromatic nitrogens is 3. The molecule has 4 rings (SSSR count). The topological polar surface area (TPSA) is 59.9 Å². The number of hydrogen-bond donors (Lipinski definition) is 1. The second-order valence-electron chi connectivity index (χ2n) is 7.52. The molecule has 0 fully saturated rings. The van der Waals surface area contributed by atoms with E-state index in [4.69, 9.17) is 4.74 Å². The fourth-order valence-corrected chi connectivity index (χ4v) is 3.83. The Balaban J connectivity index is 1.57. The van der Waals surface area contributed by atoms with E-state index in [2.05, 4.69) is 20.3 Å². The molecule has 0 aliphatic heterocycles. The monoisotopic (exact) mass is 500 g/mol. The van der Waals surface area contributed by atoms with Gasteiger partial charge in [0.25, 0.3) is 0 Å². The highest BCUT2D eigenvalue weighted by Crippen LogP contribution is 2.32. The molecule has 0 aliphatic carbocycles. The Labute approximate surface area is 203 Å². The van der Waals surface area contributed by atoms with E-state index < -0.39 is 17.6 Å². The van der Waals surface area contributed by atoms with Crippen molar-refractivity contribution in [3.05, 3.63) is 95.6 Å². The van der Waals surface area contributed by atoms with E-state index >= 15 is 0 Å². The summed E-state index contributed by atoms with van der Waals surface area (Å²) < 4.78 is 58.7. The van der Waals surface area contributed by atoms with Crippen molar-refractivity contribution in [1.29, 1.82) is 0 Å². The number of nitrogens with one attached hydrogen (secondary N) is 1. The molecule has 1 N–H and O–H groups in total. The summed E-state index contributed by atoms with van der Waals surface area (Å²) in [6.07, 6.45) is -1.13. The third kappa shape index (κ3) is 6.48. The van der Waals surface area contributed by atoms with Crippen LogP contribution in [0.5, 0.6) is 5.75 Å². The number of anilines is 2. The summed E-state index contributed by atoms with van der Waals surface area (Å²) >= 11 is 1.71. The smallest absolute Gasteiger partial charge is 0.416 e. The lowest BCUT2D eigenvalue weighted by molar-refractivity contribution is -0.137. The minimum absolute atomic E-state index is 0.0986. The van der Waals surface area contributed by atoms with Gasteiger partial charge in [0.05, 0.1) is 11.1 Å². The fourth-order valence-electron chi connectivity index (χ4n) is 3.32. The third-order valence-corrected chi connectivity index (χ3v) is 5.52. The Kier molecular flexibility index (Phi) is 7.50. The van der Waals surface area contributed by atoms with Crippen molar-refractivity contribution in [2.24, 2.45) is 0 Å². The van der Waals surface area contributed by atoms with E-state index in [-0.39, 0.29) is 29.7 Å².